The Kier molecular flexibility index (Phi) is 6.84. The highest BCUT2D eigenvalue weighted by Gasteiger charge is 2.22. The Hall–Kier alpha value is -5.34. The first kappa shape index (κ1) is 27.2. The van der Waals surface area contributed by atoms with Crippen molar-refractivity contribution in [3.63, 3.8) is 0 Å². The van der Waals surface area contributed by atoms with E-state index in [1.165, 1.54) is 66.6 Å². The minimum absolute atomic E-state index is 1.06. The Bertz CT molecular complexity index is 2230. The normalized spacial score (nSPS) is 14.4. The fraction of sp³-hybridized carbons (Fsp3) is 0.116. The standard InChI is InChI=1S/C43H36N2/c1-3-15-36-38-24-14-23-35(43(38)45(40(36)4-2)34-21-13-18-31(28-34)30-16-7-5-8-17-30)32-26-27-42-39(29-32)37-22-11-12-25-41(37)44(42)33-19-9-6-10-20-33/h3-5,7-9,12-21,23-29H,2,6,10-11,22H2,1H3. The van der Waals surface area contributed by atoms with Gasteiger partial charge in [0, 0.05) is 39.0 Å². The summed E-state index contributed by atoms with van der Waals surface area (Å²) in [5, 5.41) is 2.58. The number of aromatic nitrogens is 2. The molecule has 0 radical (unpaired) electrons. The van der Waals surface area contributed by atoms with Gasteiger partial charge in [0.25, 0.3) is 0 Å². The van der Waals surface area contributed by atoms with Gasteiger partial charge in [-0.3, -0.25) is 0 Å². The van der Waals surface area contributed by atoms with Gasteiger partial charge in [-0.05, 0) is 97.4 Å². The van der Waals surface area contributed by atoms with Gasteiger partial charge in [-0.15, -0.1) is 0 Å². The van der Waals surface area contributed by atoms with Crippen LogP contribution in [0.25, 0.3) is 73.7 Å². The summed E-state index contributed by atoms with van der Waals surface area (Å²) in [6.07, 6.45) is 22.3. The van der Waals surface area contributed by atoms with Crippen LogP contribution in [0.15, 0.2) is 128 Å². The average Bonchev–Trinajstić information content (AvgIpc) is 3.61. The molecular formula is C43H36N2. The van der Waals surface area contributed by atoms with E-state index in [0.29, 0.717) is 0 Å². The third-order valence-corrected chi connectivity index (χ3v) is 9.30. The number of nitrogens with zero attached hydrogens (tertiary/aromatic N) is 2. The summed E-state index contributed by atoms with van der Waals surface area (Å²) in [5.74, 6) is 0. The largest absolute Gasteiger partial charge is 0.310 e. The number of aryl methyl sites for hydroxylation is 1. The van der Waals surface area contributed by atoms with Gasteiger partial charge in [-0.2, -0.15) is 0 Å². The van der Waals surface area contributed by atoms with Gasteiger partial charge in [0.15, 0.2) is 0 Å². The zero-order valence-corrected chi connectivity index (χ0v) is 25.7. The van der Waals surface area contributed by atoms with Gasteiger partial charge in [0.1, 0.15) is 0 Å². The molecule has 2 heteroatoms. The molecule has 0 bridgehead atoms. The zero-order valence-electron chi connectivity index (χ0n) is 25.7. The van der Waals surface area contributed by atoms with Crippen molar-refractivity contribution in [3.05, 3.63) is 150 Å². The van der Waals surface area contributed by atoms with Crippen LogP contribution in [-0.2, 0) is 6.42 Å². The van der Waals surface area contributed by atoms with E-state index < -0.39 is 0 Å². The first-order valence-electron chi connectivity index (χ1n) is 16.1. The van der Waals surface area contributed by atoms with Crippen molar-refractivity contribution in [2.45, 2.75) is 32.6 Å². The van der Waals surface area contributed by atoms with Gasteiger partial charge in [-0.1, -0.05) is 104 Å². The van der Waals surface area contributed by atoms with Crippen LogP contribution in [0.1, 0.15) is 48.7 Å². The van der Waals surface area contributed by atoms with Crippen LogP contribution in [0.5, 0.6) is 0 Å². The Morgan fingerprint density at radius 1 is 0.711 bits per heavy atom. The number of rotatable bonds is 6. The van der Waals surface area contributed by atoms with E-state index in [1.54, 1.807) is 0 Å². The van der Waals surface area contributed by atoms with Gasteiger partial charge in [0.2, 0.25) is 0 Å². The molecule has 2 aliphatic rings. The molecule has 2 aromatic heterocycles. The van der Waals surface area contributed by atoms with E-state index in [0.717, 1.165) is 37.1 Å². The second-order valence-corrected chi connectivity index (χ2v) is 11.9. The maximum Gasteiger partial charge on any atom is 0.0619 e. The van der Waals surface area contributed by atoms with E-state index in [4.69, 9.17) is 0 Å². The molecular weight excluding hydrogens is 544 g/mol. The van der Waals surface area contributed by atoms with Crippen molar-refractivity contribution in [3.8, 4) is 27.9 Å². The van der Waals surface area contributed by atoms with Gasteiger partial charge in [0.05, 0.1) is 16.7 Å². The van der Waals surface area contributed by atoms with Crippen LogP contribution in [0.4, 0.5) is 0 Å². The number of hydrogen-bond acceptors (Lipinski definition) is 0. The fourth-order valence-corrected chi connectivity index (χ4v) is 7.33. The van der Waals surface area contributed by atoms with Crippen molar-refractivity contribution in [2.24, 2.45) is 0 Å². The minimum atomic E-state index is 1.06. The highest BCUT2D eigenvalue weighted by molar-refractivity contribution is 6.05. The van der Waals surface area contributed by atoms with Crippen molar-refractivity contribution in [2.75, 3.05) is 0 Å². The molecule has 0 amide bonds. The highest BCUT2D eigenvalue weighted by atomic mass is 15.0. The molecule has 8 rings (SSSR count). The summed E-state index contributed by atoms with van der Waals surface area (Å²) in [6, 6.07) is 33.3. The topological polar surface area (TPSA) is 9.86 Å². The lowest BCUT2D eigenvalue weighted by Gasteiger charge is -2.15. The van der Waals surface area contributed by atoms with E-state index in [-0.39, 0.29) is 0 Å². The molecule has 6 aromatic rings. The Morgan fingerprint density at radius 2 is 1.56 bits per heavy atom. The summed E-state index contributed by atoms with van der Waals surface area (Å²) in [6.45, 7) is 6.39. The lowest BCUT2D eigenvalue weighted by Crippen LogP contribution is -2.02. The smallest absolute Gasteiger partial charge is 0.0619 e. The summed E-state index contributed by atoms with van der Waals surface area (Å²) in [5.41, 5.74) is 14.8. The van der Waals surface area contributed by atoms with Crippen LogP contribution >= 0.6 is 0 Å². The molecule has 2 nitrogen and oxygen atoms in total. The molecule has 0 fully saturated rings. The van der Waals surface area contributed by atoms with Crippen molar-refractivity contribution < 1.29 is 0 Å². The predicted molar refractivity (Wildman–Crippen MR) is 194 cm³/mol. The molecule has 45 heavy (non-hydrogen) atoms. The highest BCUT2D eigenvalue weighted by Crippen LogP contribution is 2.41. The average molecular weight is 581 g/mol. The Morgan fingerprint density at radius 3 is 2.38 bits per heavy atom. The maximum atomic E-state index is 4.30. The van der Waals surface area contributed by atoms with Crippen molar-refractivity contribution >= 4 is 45.7 Å². The summed E-state index contributed by atoms with van der Waals surface area (Å²) < 4.78 is 4.88. The third-order valence-electron chi connectivity index (χ3n) is 9.30. The number of allylic oxidation sites excluding steroid dienone is 6. The molecule has 0 atom stereocenters. The first-order chi connectivity index (χ1) is 22.3. The lowest BCUT2D eigenvalue weighted by atomic mass is 9.96. The van der Waals surface area contributed by atoms with Crippen molar-refractivity contribution in [1.29, 1.82) is 0 Å². The van der Waals surface area contributed by atoms with E-state index in [2.05, 4.69) is 156 Å². The van der Waals surface area contributed by atoms with Gasteiger partial charge < -0.3 is 9.13 Å². The fourth-order valence-electron chi connectivity index (χ4n) is 7.33. The van der Waals surface area contributed by atoms with E-state index >= 15 is 0 Å². The van der Waals surface area contributed by atoms with Crippen LogP contribution in [0, 0.1) is 0 Å². The SMILES string of the molecule is C=Cc1c(C=CC)c2cccc(-c3ccc4c(c3)c3c(n4C4=CCCC=C4)C=CCC3)c2n1-c1cccc(-c2ccccc2)c1. The second-order valence-electron chi connectivity index (χ2n) is 11.9. The molecule has 0 spiro atoms. The van der Waals surface area contributed by atoms with Gasteiger partial charge >= 0.3 is 0 Å². The molecule has 2 aliphatic carbocycles. The number of benzene rings is 4. The van der Waals surface area contributed by atoms with Crippen molar-refractivity contribution in [1.82, 2.24) is 9.13 Å². The summed E-state index contributed by atoms with van der Waals surface area (Å²) in [4.78, 5) is 0. The Labute approximate surface area is 265 Å². The molecule has 0 unspecified atom stereocenters. The minimum Gasteiger partial charge on any atom is -0.310 e. The quantitative estimate of drug-likeness (QED) is 0.185. The monoisotopic (exact) mass is 580 g/mol. The van der Waals surface area contributed by atoms with Crippen LogP contribution in [0.2, 0.25) is 0 Å². The third kappa shape index (κ3) is 4.48. The lowest BCUT2D eigenvalue weighted by molar-refractivity contribution is 0.963. The Balaban J connectivity index is 1.39. The first-order valence-corrected chi connectivity index (χ1v) is 16.1. The maximum absolute atomic E-state index is 4.30. The predicted octanol–water partition coefficient (Wildman–Crippen LogP) is 11.7. The number of hydrogen-bond donors (Lipinski definition) is 0. The summed E-state index contributed by atoms with van der Waals surface area (Å²) >= 11 is 0. The molecule has 2 heterocycles. The second kappa shape index (κ2) is 11.3. The number of fused-ring (bicyclic) bond motifs is 4. The van der Waals surface area contributed by atoms with Crippen LogP contribution in [-0.4, -0.2) is 9.13 Å². The molecule has 0 saturated carbocycles. The molecule has 218 valence electrons. The molecule has 0 aliphatic heterocycles. The van der Waals surface area contributed by atoms with Gasteiger partial charge in [-0.25, -0.2) is 0 Å². The van der Waals surface area contributed by atoms with Crippen LogP contribution < -0.4 is 0 Å². The molecule has 4 aromatic carbocycles. The van der Waals surface area contributed by atoms with Crippen LogP contribution in [0.3, 0.4) is 0 Å². The van der Waals surface area contributed by atoms with E-state index in [1.807, 2.05) is 6.08 Å². The van der Waals surface area contributed by atoms with E-state index in [9.17, 15) is 0 Å². The molecule has 0 N–H and O–H groups in total. The summed E-state index contributed by atoms with van der Waals surface area (Å²) in [7, 11) is 0. The number of para-hydroxylation sites is 1. The molecule has 0 saturated heterocycles. The zero-order chi connectivity index (χ0) is 30.3.